The zero-order chi connectivity index (χ0) is 21.4. The molecule has 0 N–H and O–H groups in total. The maximum Gasteiger partial charge on any atom is 0.416 e. The highest BCUT2D eigenvalue weighted by Gasteiger charge is 2.40. The molecule has 2 bridgehead atoms. The summed E-state index contributed by atoms with van der Waals surface area (Å²) in [5.74, 6) is 0. The predicted octanol–water partition coefficient (Wildman–Crippen LogP) is 5.62. The third kappa shape index (κ3) is 4.17. The van der Waals surface area contributed by atoms with E-state index < -0.39 is 11.7 Å². The molecule has 0 radical (unpaired) electrons. The third-order valence-corrected chi connectivity index (χ3v) is 6.38. The van der Waals surface area contributed by atoms with Crippen LogP contribution in [0.1, 0.15) is 24.0 Å². The Morgan fingerprint density at radius 3 is 2.23 bits per heavy atom. The average Bonchev–Trinajstić information content (AvgIpc) is 3.04. The van der Waals surface area contributed by atoms with E-state index in [9.17, 15) is 13.2 Å². The summed E-state index contributed by atoms with van der Waals surface area (Å²) in [5, 5.41) is 0. The zero-order valence-electron chi connectivity index (χ0n) is 17.1. The normalized spacial score (nSPS) is 21.5. The van der Waals surface area contributed by atoms with E-state index in [-0.39, 0.29) is 0 Å². The monoisotopic (exact) mass is 423 g/mol. The lowest BCUT2D eigenvalue weighted by Gasteiger charge is -2.42. The van der Waals surface area contributed by atoms with E-state index >= 15 is 0 Å². The van der Waals surface area contributed by atoms with Crippen molar-refractivity contribution in [2.24, 2.45) is 0 Å². The number of piperazine rings is 1. The molecule has 2 atom stereocenters. The van der Waals surface area contributed by atoms with Crippen LogP contribution in [0.25, 0.3) is 11.1 Å². The van der Waals surface area contributed by atoms with Crippen molar-refractivity contribution in [2.45, 2.75) is 37.6 Å². The van der Waals surface area contributed by atoms with Crippen LogP contribution in [0.4, 0.5) is 18.9 Å². The summed E-state index contributed by atoms with van der Waals surface area (Å²) < 4.78 is 38.7. The SMILES string of the molecule is FC(F)(F)c1ccc(N2C3CCC2CN(Cc2cccc(-c4cccnc4)c2)C3)cc1. The number of fused-ring (bicyclic) bond motifs is 2. The minimum Gasteiger partial charge on any atom is -0.363 e. The number of alkyl halides is 3. The van der Waals surface area contributed by atoms with Crippen molar-refractivity contribution in [3.05, 3.63) is 84.2 Å². The van der Waals surface area contributed by atoms with Crippen molar-refractivity contribution >= 4 is 5.69 Å². The Hall–Kier alpha value is -2.86. The van der Waals surface area contributed by atoms with Crippen molar-refractivity contribution < 1.29 is 13.2 Å². The molecule has 3 heterocycles. The number of benzene rings is 2. The predicted molar refractivity (Wildman–Crippen MR) is 116 cm³/mol. The van der Waals surface area contributed by atoms with Gasteiger partial charge in [-0.05, 0) is 65.9 Å². The lowest BCUT2D eigenvalue weighted by atomic mass is 10.0. The van der Waals surface area contributed by atoms with Crippen LogP contribution in [0, 0.1) is 0 Å². The van der Waals surface area contributed by atoms with Crippen molar-refractivity contribution in [2.75, 3.05) is 18.0 Å². The maximum atomic E-state index is 12.9. The van der Waals surface area contributed by atoms with Gasteiger partial charge in [-0.2, -0.15) is 13.2 Å². The van der Waals surface area contributed by atoms with Crippen LogP contribution >= 0.6 is 0 Å². The molecule has 0 saturated carbocycles. The highest BCUT2D eigenvalue weighted by molar-refractivity contribution is 5.63. The quantitative estimate of drug-likeness (QED) is 0.543. The van der Waals surface area contributed by atoms with E-state index in [1.54, 1.807) is 18.3 Å². The van der Waals surface area contributed by atoms with E-state index in [2.05, 4.69) is 45.1 Å². The highest BCUT2D eigenvalue weighted by atomic mass is 19.4. The van der Waals surface area contributed by atoms with Crippen LogP contribution in [-0.4, -0.2) is 35.1 Å². The van der Waals surface area contributed by atoms with Crippen LogP contribution in [0.5, 0.6) is 0 Å². The molecule has 2 aromatic carbocycles. The number of hydrogen-bond donors (Lipinski definition) is 0. The first-order chi connectivity index (χ1) is 15.0. The molecule has 31 heavy (non-hydrogen) atoms. The Morgan fingerprint density at radius 1 is 0.871 bits per heavy atom. The number of nitrogens with zero attached hydrogens (tertiary/aromatic N) is 3. The van der Waals surface area contributed by atoms with Crippen LogP contribution in [-0.2, 0) is 12.7 Å². The first-order valence-electron chi connectivity index (χ1n) is 10.6. The Bertz CT molecular complexity index is 1020. The van der Waals surface area contributed by atoms with Crippen molar-refractivity contribution in [3.63, 3.8) is 0 Å². The lowest BCUT2D eigenvalue weighted by Crippen LogP contribution is -2.53. The second-order valence-electron chi connectivity index (χ2n) is 8.47. The second kappa shape index (κ2) is 8.00. The van der Waals surface area contributed by atoms with E-state index in [1.165, 1.54) is 17.7 Å². The number of hydrogen-bond acceptors (Lipinski definition) is 3. The molecule has 0 aliphatic carbocycles. The standard InChI is InChI=1S/C25H24F3N3/c26-25(27,28)21-6-8-22(9-7-21)31-23-10-11-24(31)17-30(16-23)15-18-3-1-4-19(13-18)20-5-2-12-29-14-20/h1-9,12-14,23-24H,10-11,15-17H2. The molecule has 2 unspecified atom stereocenters. The molecule has 0 amide bonds. The highest BCUT2D eigenvalue weighted by Crippen LogP contribution is 2.37. The van der Waals surface area contributed by atoms with Gasteiger partial charge in [-0.3, -0.25) is 9.88 Å². The summed E-state index contributed by atoms with van der Waals surface area (Å²) in [4.78, 5) is 9.03. The number of pyridine rings is 1. The van der Waals surface area contributed by atoms with Gasteiger partial charge in [-0.15, -0.1) is 0 Å². The van der Waals surface area contributed by atoms with E-state index in [0.717, 1.165) is 49.3 Å². The van der Waals surface area contributed by atoms with E-state index in [0.29, 0.717) is 12.1 Å². The summed E-state index contributed by atoms with van der Waals surface area (Å²) >= 11 is 0. The topological polar surface area (TPSA) is 19.4 Å². The van der Waals surface area contributed by atoms with Crippen molar-refractivity contribution in [1.29, 1.82) is 0 Å². The molecule has 2 saturated heterocycles. The van der Waals surface area contributed by atoms with Gasteiger partial charge in [-0.25, -0.2) is 0 Å². The van der Waals surface area contributed by atoms with Gasteiger partial charge < -0.3 is 4.90 Å². The summed E-state index contributed by atoms with van der Waals surface area (Å²) in [5.41, 5.74) is 3.85. The molecule has 2 aliphatic rings. The summed E-state index contributed by atoms with van der Waals surface area (Å²) in [6.07, 6.45) is 1.53. The summed E-state index contributed by atoms with van der Waals surface area (Å²) in [7, 11) is 0. The summed E-state index contributed by atoms with van der Waals surface area (Å²) in [6, 6.07) is 18.9. The smallest absolute Gasteiger partial charge is 0.363 e. The molecule has 160 valence electrons. The first-order valence-corrected chi connectivity index (χ1v) is 10.6. The molecule has 3 nitrogen and oxygen atoms in total. The molecule has 1 aromatic heterocycles. The largest absolute Gasteiger partial charge is 0.416 e. The van der Waals surface area contributed by atoms with Gasteiger partial charge in [0.15, 0.2) is 0 Å². The number of rotatable bonds is 4. The molecule has 0 spiro atoms. The van der Waals surface area contributed by atoms with Crippen LogP contribution in [0.3, 0.4) is 0 Å². The Balaban J connectivity index is 1.28. The zero-order valence-corrected chi connectivity index (χ0v) is 17.1. The van der Waals surface area contributed by atoms with Crippen LogP contribution in [0.15, 0.2) is 73.1 Å². The molecule has 2 fully saturated rings. The average molecular weight is 423 g/mol. The number of halogens is 3. The molecule has 3 aromatic rings. The maximum absolute atomic E-state index is 12.9. The Morgan fingerprint density at radius 2 is 1.58 bits per heavy atom. The molecule has 6 heteroatoms. The summed E-state index contributed by atoms with van der Waals surface area (Å²) in [6.45, 7) is 2.73. The van der Waals surface area contributed by atoms with Crippen molar-refractivity contribution in [3.8, 4) is 11.1 Å². The minimum atomic E-state index is -4.29. The van der Waals surface area contributed by atoms with Gasteiger partial charge >= 0.3 is 6.18 Å². The molecule has 2 aliphatic heterocycles. The van der Waals surface area contributed by atoms with Crippen LogP contribution < -0.4 is 4.90 Å². The first kappa shape index (κ1) is 20.1. The van der Waals surface area contributed by atoms with E-state index in [1.807, 2.05) is 12.3 Å². The molecule has 5 rings (SSSR count). The van der Waals surface area contributed by atoms with Gasteiger partial charge in [0.05, 0.1) is 5.56 Å². The fourth-order valence-electron chi connectivity index (χ4n) is 5.00. The van der Waals surface area contributed by atoms with Gasteiger partial charge in [0.25, 0.3) is 0 Å². The Kier molecular flexibility index (Phi) is 5.18. The third-order valence-electron chi connectivity index (χ3n) is 6.38. The van der Waals surface area contributed by atoms with Crippen LogP contribution in [0.2, 0.25) is 0 Å². The fraction of sp³-hybridized carbons (Fsp3) is 0.320. The van der Waals surface area contributed by atoms with Gasteiger partial charge in [0, 0.05) is 49.8 Å². The second-order valence-corrected chi connectivity index (χ2v) is 8.47. The van der Waals surface area contributed by atoms with Gasteiger partial charge in [-0.1, -0.05) is 24.3 Å². The van der Waals surface area contributed by atoms with Crippen molar-refractivity contribution in [1.82, 2.24) is 9.88 Å². The van der Waals surface area contributed by atoms with Gasteiger partial charge in [0.1, 0.15) is 0 Å². The van der Waals surface area contributed by atoms with Gasteiger partial charge in [0.2, 0.25) is 0 Å². The number of anilines is 1. The lowest BCUT2D eigenvalue weighted by molar-refractivity contribution is -0.137. The minimum absolute atomic E-state index is 0.344. The number of likely N-dealkylation sites (tertiary alicyclic amines) is 1. The van der Waals surface area contributed by atoms with E-state index in [4.69, 9.17) is 0 Å². The fourth-order valence-corrected chi connectivity index (χ4v) is 5.00. The Labute approximate surface area is 180 Å². The molecular weight excluding hydrogens is 399 g/mol. The molecular formula is C25H24F3N3. The number of aromatic nitrogens is 1.